The van der Waals surface area contributed by atoms with E-state index in [2.05, 4.69) is 0 Å². The highest BCUT2D eigenvalue weighted by Crippen LogP contribution is 2.28. The molecule has 1 heterocycles. The fraction of sp³-hybridized carbons (Fsp3) is 0.273. The van der Waals surface area contributed by atoms with E-state index in [9.17, 15) is 9.59 Å². The van der Waals surface area contributed by atoms with Crippen molar-refractivity contribution in [1.29, 1.82) is 0 Å². The zero-order chi connectivity index (χ0) is 18.8. The highest BCUT2D eigenvalue weighted by atomic mass is 35.5. The maximum atomic E-state index is 12.6. The van der Waals surface area contributed by atoms with Crippen LogP contribution in [0.2, 0.25) is 5.02 Å². The maximum absolute atomic E-state index is 12.6. The van der Waals surface area contributed by atoms with Gasteiger partial charge in [0.1, 0.15) is 11.7 Å². The van der Waals surface area contributed by atoms with Crippen LogP contribution in [0.3, 0.4) is 0 Å². The van der Waals surface area contributed by atoms with Crippen LogP contribution in [-0.2, 0) is 4.74 Å². The monoisotopic (exact) mass is 382 g/mol. The number of ether oxygens (including phenoxy) is 1. The lowest BCUT2D eigenvalue weighted by atomic mass is 9.97. The second-order valence-corrected chi connectivity index (χ2v) is 7.25. The van der Waals surface area contributed by atoms with Gasteiger partial charge >= 0.3 is 11.6 Å². The number of carbonyl (C=O) groups is 1. The normalized spacial score (nSPS) is 15.0. The Labute approximate surface area is 161 Å². The van der Waals surface area contributed by atoms with Crippen LogP contribution < -0.4 is 5.63 Å². The molecule has 0 atom stereocenters. The van der Waals surface area contributed by atoms with Gasteiger partial charge in [0, 0.05) is 5.39 Å². The van der Waals surface area contributed by atoms with Gasteiger partial charge in [-0.05, 0) is 55.5 Å². The molecule has 0 aliphatic heterocycles. The van der Waals surface area contributed by atoms with Crippen LogP contribution in [0.15, 0.2) is 57.7 Å². The third-order valence-electron chi connectivity index (χ3n) is 4.96. The quantitative estimate of drug-likeness (QED) is 0.437. The lowest BCUT2D eigenvalue weighted by Gasteiger charge is -2.22. The second-order valence-electron chi connectivity index (χ2n) is 6.85. The minimum atomic E-state index is -0.456. The smallest absolute Gasteiger partial charge is 0.344 e. The average molecular weight is 383 g/mol. The molecule has 1 saturated carbocycles. The summed E-state index contributed by atoms with van der Waals surface area (Å²) in [5.41, 5.74) is 1.30. The molecule has 0 amide bonds. The molecule has 0 bridgehead atoms. The fourth-order valence-corrected chi connectivity index (χ4v) is 3.70. The van der Waals surface area contributed by atoms with E-state index in [1.165, 1.54) is 6.42 Å². The van der Waals surface area contributed by atoms with Crippen molar-refractivity contribution in [3.8, 4) is 11.1 Å². The minimum absolute atomic E-state index is 0.0586. The molecule has 1 aliphatic rings. The van der Waals surface area contributed by atoms with Crippen LogP contribution in [0.1, 0.15) is 42.5 Å². The van der Waals surface area contributed by atoms with Gasteiger partial charge in [0.25, 0.3) is 0 Å². The van der Waals surface area contributed by atoms with E-state index in [4.69, 9.17) is 20.8 Å². The average Bonchev–Trinajstić information content (AvgIpc) is 2.68. The molecule has 2 aromatic carbocycles. The Morgan fingerprint density at radius 1 is 1.04 bits per heavy atom. The molecule has 1 aliphatic carbocycles. The number of para-hydroxylation sites is 1. The Morgan fingerprint density at radius 3 is 2.63 bits per heavy atom. The van der Waals surface area contributed by atoms with Crippen molar-refractivity contribution in [3.63, 3.8) is 0 Å². The van der Waals surface area contributed by atoms with Crippen molar-refractivity contribution < 1.29 is 13.9 Å². The zero-order valence-corrected chi connectivity index (χ0v) is 15.5. The van der Waals surface area contributed by atoms with E-state index < -0.39 is 11.6 Å². The first kappa shape index (κ1) is 17.8. The van der Waals surface area contributed by atoms with Crippen LogP contribution in [0, 0.1) is 0 Å². The van der Waals surface area contributed by atoms with Crippen molar-refractivity contribution >= 4 is 28.5 Å². The van der Waals surface area contributed by atoms with Gasteiger partial charge in [0.05, 0.1) is 16.1 Å². The van der Waals surface area contributed by atoms with Crippen molar-refractivity contribution in [2.24, 2.45) is 0 Å². The van der Waals surface area contributed by atoms with Crippen molar-refractivity contribution in [3.05, 3.63) is 69.5 Å². The lowest BCUT2D eigenvalue weighted by Crippen LogP contribution is -2.21. The van der Waals surface area contributed by atoms with E-state index in [-0.39, 0.29) is 11.7 Å². The summed E-state index contributed by atoms with van der Waals surface area (Å²) in [7, 11) is 0. The molecular formula is C22H19ClO4. The summed E-state index contributed by atoms with van der Waals surface area (Å²) in [4.78, 5) is 25.0. The highest BCUT2D eigenvalue weighted by Gasteiger charge is 2.21. The van der Waals surface area contributed by atoms with Crippen LogP contribution in [0.5, 0.6) is 0 Å². The van der Waals surface area contributed by atoms with E-state index in [0.29, 0.717) is 21.7 Å². The van der Waals surface area contributed by atoms with Gasteiger partial charge in [-0.25, -0.2) is 9.59 Å². The van der Waals surface area contributed by atoms with Crippen LogP contribution in [0.25, 0.3) is 22.1 Å². The Kier molecular flexibility index (Phi) is 4.99. The first-order chi connectivity index (χ1) is 13.1. The van der Waals surface area contributed by atoms with Crippen molar-refractivity contribution in [2.75, 3.05) is 0 Å². The van der Waals surface area contributed by atoms with Crippen molar-refractivity contribution in [2.45, 2.75) is 38.2 Å². The van der Waals surface area contributed by atoms with E-state index in [0.717, 1.165) is 31.1 Å². The highest BCUT2D eigenvalue weighted by molar-refractivity contribution is 6.33. The predicted octanol–water partition coefficient (Wildman–Crippen LogP) is 5.60. The minimum Gasteiger partial charge on any atom is -0.459 e. The fourth-order valence-electron chi connectivity index (χ4n) is 3.51. The van der Waals surface area contributed by atoms with E-state index in [1.54, 1.807) is 30.3 Å². The van der Waals surface area contributed by atoms with Crippen molar-refractivity contribution in [1.82, 2.24) is 0 Å². The van der Waals surface area contributed by atoms with E-state index >= 15 is 0 Å². The van der Waals surface area contributed by atoms with Gasteiger partial charge in [0.15, 0.2) is 0 Å². The maximum Gasteiger partial charge on any atom is 0.344 e. The zero-order valence-electron chi connectivity index (χ0n) is 14.7. The number of hydrogen-bond acceptors (Lipinski definition) is 4. The molecule has 1 fully saturated rings. The Hall–Kier alpha value is -2.59. The predicted molar refractivity (Wildman–Crippen MR) is 105 cm³/mol. The lowest BCUT2D eigenvalue weighted by molar-refractivity contribution is 0.0211. The van der Waals surface area contributed by atoms with Gasteiger partial charge in [-0.1, -0.05) is 42.3 Å². The van der Waals surface area contributed by atoms with Gasteiger partial charge < -0.3 is 9.15 Å². The summed E-state index contributed by atoms with van der Waals surface area (Å²) in [6, 6.07) is 14.0. The van der Waals surface area contributed by atoms with Crippen LogP contribution >= 0.6 is 11.6 Å². The number of esters is 1. The largest absolute Gasteiger partial charge is 0.459 e. The molecule has 0 N–H and O–H groups in total. The molecule has 0 saturated heterocycles. The number of carbonyl (C=O) groups excluding carboxylic acids is 1. The summed E-state index contributed by atoms with van der Waals surface area (Å²) in [6.45, 7) is 0. The summed E-state index contributed by atoms with van der Waals surface area (Å²) < 4.78 is 11.0. The standard InChI is InChI=1S/C22H19ClO4/c23-19-11-10-14(12-18(19)22(25)26-16-7-2-1-3-8-16)17-13-15-6-4-5-9-20(15)27-21(17)24/h4-6,9-13,16H,1-3,7-8H2. The number of rotatable bonds is 3. The van der Waals surface area contributed by atoms with E-state index in [1.807, 2.05) is 18.2 Å². The Bertz CT molecular complexity index is 1050. The molecular weight excluding hydrogens is 364 g/mol. The summed E-state index contributed by atoms with van der Waals surface area (Å²) in [5.74, 6) is -0.445. The molecule has 1 aromatic heterocycles. The molecule has 0 unspecified atom stereocenters. The molecule has 27 heavy (non-hydrogen) atoms. The number of benzene rings is 2. The topological polar surface area (TPSA) is 56.5 Å². The molecule has 0 spiro atoms. The number of fused-ring (bicyclic) bond motifs is 1. The molecule has 3 aromatic rings. The van der Waals surface area contributed by atoms with Crippen LogP contribution in [0.4, 0.5) is 0 Å². The SMILES string of the molecule is O=C(OC1CCCCC1)c1cc(-c2cc3ccccc3oc2=O)ccc1Cl. The molecule has 0 radical (unpaired) electrons. The third kappa shape index (κ3) is 3.76. The Morgan fingerprint density at radius 2 is 1.81 bits per heavy atom. The molecule has 4 nitrogen and oxygen atoms in total. The summed E-state index contributed by atoms with van der Waals surface area (Å²) >= 11 is 6.23. The molecule has 138 valence electrons. The first-order valence-electron chi connectivity index (χ1n) is 9.15. The van der Waals surface area contributed by atoms with Gasteiger partial charge in [-0.2, -0.15) is 0 Å². The first-order valence-corrected chi connectivity index (χ1v) is 9.53. The summed E-state index contributed by atoms with van der Waals surface area (Å²) in [6.07, 6.45) is 5.04. The Balaban J connectivity index is 1.69. The summed E-state index contributed by atoms with van der Waals surface area (Å²) in [5, 5.41) is 1.12. The third-order valence-corrected chi connectivity index (χ3v) is 5.29. The van der Waals surface area contributed by atoms with Gasteiger partial charge in [-0.15, -0.1) is 0 Å². The van der Waals surface area contributed by atoms with Gasteiger partial charge in [0.2, 0.25) is 0 Å². The molecule has 4 rings (SSSR count). The number of hydrogen-bond donors (Lipinski definition) is 0. The number of halogens is 1. The second kappa shape index (κ2) is 7.57. The van der Waals surface area contributed by atoms with Crippen LogP contribution in [-0.4, -0.2) is 12.1 Å². The molecule has 5 heteroatoms. The van der Waals surface area contributed by atoms with Gasteiger partial charge in [-0.3, -0.25) is 0 Å².